The number of hydrogen-bond acceptors (Lipinski definition) is 2. The van der Waals surface area contributed by atoms with E-state index >= 15 is 0 Å². The lowest BCUT2D eigenvalue weighted by Crippen LogP contribution is -2.20. The standard InChI is InChI=1S/C9H7F4NO.C2H6/c10-6-3-5(9(11,12)13)4-7-8(6)14-1-2-15-7;1-2/h3-4,14H,1-2H2;1-2H3. The molecule has 0 atom stereocenters. The average Bonchev–Trinajstić information content (AvgIpc) is 2.30. The Morgan fingerprint density at radius 3 is 2.47 bits per heavy atom. The van der Waals surface area contributed by atoms with E-state index < -0.39 is 17.6 Å². The molecule has 0 amide bonds. The molecular weight excluding hydrogens is 238 g/mol. The van der Waals surface area contributed by atoms with Crippen molar-refractivity contribution >= 4 is 5.69 Å². The molecule has 0 aliphatic carbocycles. The van der Waals surface area contributed by atoms with Gasteiger partial charge in [0.15, 0.2) is 5.82 Å². The Hall–Kier alpha value is -1.46. The maximum Gasteiger partial charge on any atom is 0.416 e. The van der Waals surface area contributed by atoms with Gasteiger partial charge in [-0.25, -0.2) is 4.39 Å². The SMILES string of the molecule is CC.Fc1cc(C(F)(F)F)cc2c1NCCO2. The molecule has 1 N–H and O–H groups in total. The molecule has 0 aromatic heterocycles. The summed E-state index contributed by atoms with van der Waals surface area (Å²) in [5.41, 5.74) is -1.04. The third kappa shape index (κ3) is 3.01. The molecule has 6 heteroatoms. The van der Waals surface area contributed by atoms with Crippen molar-refractivity contribution in [2.75, 3.05) is 18.5 Å². The fraction of sp³-hybridized carbons (Fsp3) is 0.455. The maximum atomic E-state index is 13.2. The molecule has 2 rings (SSSR count). The zero-order chi connectivity index (χ0) is 13.1. The molecule has 17 heavy (non-hydrogen) atoms. The van der Waals surface area contributed by atoms with Gasteiger partial charge in [-0.3, -0.25) is 0 Å². The van der Waals surface area contributed by atoms with Crippen molar-refractivity contribution in [1.82, 2.24) is 0 Å². The summed E-state index contributed by atoms with van der Waals surface area (Å²) >= 11 is 0. The summed E-state index contributed by atoms with van der Waals surface area (Å²) in [6, 6.07) is 1.26. The second-order valence-electron chi connectivity index (χ2n) is 3.10. The summed E-state index contributed by atoms with van der Waals surface area (Å²) in [7, 11) is 0. The van der Waals surface area contributed by atoms with Crippen LogP contribution in [-0.4, -0.2) is 13.2 Å². The zero-order valence-corrected chi connectivity index (χ0v) is 9.49. The monoisotopic (exact) mass is 251 g/mol. The molecule has 2 nitrogen and oxygen atoms in total. The van der Waals surface area contributed by atoms with Crippen molar-refractivity contribution in [1.29, 1.82) is 0 Å². The van der Waals surface area contributed by atoms with E-state index in [0.717, 1.165) is 6.07 Å². The van der Waals surface area contributed by atoms with Gasteiger partial charge in [-0.1, -0.05) is 13.8 Å². The molecule has 0 unspecified atom stereocenters. The maximum absolute atomic E-state index is 13.2. The van der Waals surface area contributed by atoms with Gasteiger partial charge in [0.1, 0.15) is 18.0 Å². The van der Waals surface area contributed by atoms with E-state index in [4.69, 9.17) is 4.74 Å². The molecule has 0 saturated heterocycles. The Labute approximate surface area is 96.6 Å². The van der Waals surface area contributed by atoms with Gasteiger partial charge in [-0.2, -0.15) is 13.2 Å². The highest BCUT2D eigenvalue weighted by Crippen LogP contribution is 2.37. The van der Waals surface area contributed by atoms with Gasteiger partial charge < -0.3 is 10.1 Å². The topological polar surface area (TPSA) is 21.3 Å². The lowest BCUT2D eigenvalue weighted by molar-refractivity contribution is -0.137. The summed E-state index contributed by atoms with van der Waals surface area (Å²) in [5.74, 6) is -1.03. The van der Waals surface area contributed by atoms with Gasteiger partial charge in [-0.15, -0.1) is 0 Å². The molecular formula is C11H13F4NO. The van der Waals surface area contributed by atoms with E-state index in [1.165, 1.54) is 0 Å². The molecule has 1 aromatic carbocycles. The molecule has 0 spiro atoms. The summed E-state index contributed by atoms with van der Waals surface area (Å²) in [6.07, 6.45) is -4.56. The first kappa shape index (κ1) is 13.6. The van der Waals surface area contributed by atoms with Crippen LogP contribution in [-0.2, 0) is 6.18 Å². The minimum atomic E-state index is -4.56. The predicted molar refractivity (Wildman–Crippen MR) is 56.7 cm³/mol. The Balaban J connectivity index is 0.000000686. The van der Waals surface area contributed by atoms with Crippen LogP contribution in [0.4, 0.5) is 23.2 Å². The highest BCUT2D eigenvalue weighted by molar-refractivity contribution is 5.60. The lowest BCUT2D eigenvalue weighted by Gasteiger charge is -2.20. The minimum absolute atomic E-state index is 0.00532. The fourth-order valence-electron chi connectivity index (χ4n) is 1.37. The zero-order valence-electron chi connectivity index (χ0n) is 9.49. The van der Waals surface area contributed by atoms with Crippen LogP contribution in [0.1, 0.15) is 19.4 Å². The number of benzene rings is 1. The van der Waals surface area contributed by atoms with Crippen LogP contribution in [0.15, 0.2) is 12.1 Å². The first-order valence-electron chi connectivity index (χ1n) is 5.26. The van der Waals surface area contributed by atoms with Gasteiger partial charge in [0.2, 0.25) is 0 Å². The normalized spacial score (nSPS) is 13.8. The van der Waals surface area contributed by atoms with Gasteiger partial charge in [0.25, 0.3) is 0 Å². The number of alkyl halides is 3. The van der Waals surface area contributed by atoms with Crippen LogP contribution in [0.2, 0.25) is 0 Å². The minimum Gasteiger partial charge on any atom is -0.489 e. The number of halogens is 4. The Morgan fingerprint density at radius 2 is 1.88 bits per heavy atom. The van der Waals surface area contributed by atoms with Crippen LogP contribution >= 0.6 is 0 Å². The first-order valence-corrected chi connectivity index (χ1v) is 5.26. The van der Waals surface area contributed by atoms with Crippen molar-refractivity contribution in [3.8, 4) is 5.75 Å². The van der Waals surface area contributed by atoms with Crippen LogP contribution in [0.3, 0.4) is 0 Å². The summed E-state index contributed by atoms with van der Waals surface area (Å²) in [4.78, 5) is 0. The molecule has 1 aliphatic heterocycles. The van der Waals surface area contributed by atoms with E-state index in [0.29, 0.717) is 12.6 Å². The van der Waals surface area contributed by atoms with Crippen molar-refractivity contribution in [3.05, 3.63) is 23.5 Å². The van der Waals surface area contributed by atoms with Crippen LogP contribution in [0.25, 0.3) is 0 Å². The van der Waals surface area contributed by atoms with Gasteiger partial charge in [0.05, 0.1) is 5.56 Å². The van der Waals surface area contributed by atoms with Crippen molar-refractivity contribution in [2.24, 2.45) is 0 Å². The lowest BCUT2D eigenvalue weighted by atomic mass is 10.1. The third-order valence-electron chi connectivity index (χ3n) is 2.04. The van der Waals surface area contributed by atoms with E-state index in [2.05, 4.69) is 5.32 Å². The van der Waals surface area contributed by atoms with Crippen molar-refractivity contribution in [2.45, 2.75) is 20.0 Å². The number of rotatable bonds is 0. The van der Waals surface area contributed by atoms with Gasteiger partial charge in [0, 0.05) is 6.54 Å². The summed E-state index contributed by atoms with van der Waals surface area (Å²) < 4.78 is 55.0. The highest BCUT2D eigenvalue weighted by Gasteiger charge is 2.33. The van der Waals surface area contributed by atoms with Crippen LogP contribution < -0.4 is 10.1 Å². The molecule has 1 aromatic rings. The largest absolute Gasteiger partial charge is 0.489 e. The summed E-state index contributed by atoms with van der Waals surface area (Å²) in [6.45, 7) is 4.61. The number of hydrogen-bond donors (Lipinski definition) is 1. The number of fused-ring (bicyclic) bond motifs is 1. The second-order valence-corrected chi connectivity index (χ2v) is 3.10. The van der Waals surface area contributed by atoms with E-state index in [-0.39, 0.29) is 18.0 Å². The van der Waals surface area contributed by atoms with E-state index in [9.17, 15) is 17.6 Å². The van der Waals surface area contributed by atoms with Gasteiger partial charge >= 0.3 is 6.18 Å². The van der Waals surface area contributed by atoms with Crippen molar-refractivity contribution in [3.63, 3.8) is 0 Å². The molecule has 0 radical (unpaired) electrons. The molecule has 1 heterocycles. The van der Waals surface area contributed by atoms with Crippen molar-refractivity contribution < 1.29 is 22.3 Å². The second kappa shape index (κ2) is 5.25. The molecule has 0 saturated carbocycles. The Bertz CT molecular complexity index is 390. The quantitative estimate of drug-likeness (QED) is 0.710. The average molecular weight is 251 g/mol. The molecule has 0 fully saturated rings. The summed E-state index contributed by atoms with van der Waals surface area (Å²) in [5, 5.41) is 2.64. The predicted octanol–water partition coefficient (Wildman–Crippen LogP) is 3.68. The number of ether oxygens (including phenoxy) is 1. The Morgan fingerprint density at radius 1 is 1.24 bits per heavy atom. The Kier molecular flexibility index (Phi) is 4.20. The number of nitrogens with one attached hydrogen (secondary N) is 1. The molecule has 0 bridgehead atoms. The van der Waals surface area contributed by atoms with Crippen LogP contribution in [0.5, 0.6) is 5.75 Å². The van der Waals surface area contributed by atoms with E-state index in [1.807, 2.05) is 13.8 Å². The van der Waals surface area contributed by atoms with Crippen LogP contribution in [0, 0.1) is 5.82 Å². The number of anilines is 1. The third-order valence-corrected chi connectivity index (χ3v) is 2.04. The molecule has 1 aliphatic rings. The molecule has 96 valence electrons. The first-order chi connectivity index (χ1) is 7.98. The van der Waals surface area contributed by atoms with E-state index in [1.54, 1.807) is 0 Å². The van der Waals surface area contributed by atoms with Gasteiger partial charge in [-0.05, 0) is 12.1 Å². The highest BCUT2D eigenvalue weighted by atomic mass is 19.4. The smallest absolute Gasteiger partial charge is 0.416 e. The fourth-order valence-corrected chi connectivity index (χ4v) is 1.37.